The second kappa shape index (κ2) is 6.01. The molecule has 104 valence electrons. The van der Waals surface area contributed by atoms with Crippen LogP contribution in [-0.2, 0) is 4.79 Å². The van der Waals surface area contributed by atoms with E-state index >= 15 is 0 Å². The summed E-state index contributed by atoms with van der Waals surface area (Å²) in [5, 5.41) is 7.33. The minimum absolute atomic E-state index is 0.0794. The van der Waals surface area contributed by atoms with Crippen LogP contribution in [-0.4, -0.2) is 24.0 Å². The largest absolute Gasteiger partial charge is 0.325 e. The molecular weight excluding hydrogens is 250 g/mol. The van der Waals surface area contributed by atoms with E-state index in [1.54, 1.807) is 6.20 Å². The van der Waals surface area contributed by atoms with Crippen molar-refractivity contribution in [3.63, 3.8) is 0 Å². The second-order valence-corrected chi connectivity index (χ2v) is 5.38. The van der Waals surface area contributed by atoms with Crippen LogP contribution in [0.2, 0.25) is 0 Å². The number of piperidine rings is 1. The van der Waals surface area contributed by atoms with Crippen molar-refractivity contribution >= 4 is 22.5 Å². The van der Waals surface area contributed by atoms with Gasteiger partial charge in [-0.3, -0.25) is 9.78 Å². The fraction of sp³-hybridized carbons (Fsp3) is 0.375. The van der Waals surface area contributed by atoms with E-state index in [-0.39, 0.29) is 5.91 Å². The Morgan fingerprint density at radius 3 is 3.15 bits per heavy atom. The third-order valence-electron chi connectivity index (χ3n) is 3.75. The van der Waals surface area contributed by atoms with Gasteiger partial charge >= 0.3 is 0 Å². The zero-order valence-corrected chi connectivity index (χ0v) is 11.4. The summed E-state index contributed by atoms with van der Waals surface area (Å²) in [4.78, 5) is 16.4. The standard InChI is InChI=1S/C16H19N3O/c20-16(8-12-4-3-7-17-10-12)19-14-9-13-5-1-2-6-15(13)18-11-14/h1-2,5-6,9,11-12,17H,3-4,7-8,10H2,(H,19,20). The molecule has 0 bridgehead atoms. The number of nitrogens with one attached hydrogen (secondary N) is 2. The van der Waals surface area contributed by atoms with Gasteiger partial charge in [0.2, 0.25) is 5.91 Å². The van der Waals surface area contributed by atoms with Crippen molar-refractivity contribution in [3.05, 3.63) is 36.5 Å². The lowest BCUT2D eigenvalue weighted by atomic mass is 9.96. The first kappa shape index (κ1) is 13.1. The van der Waals surface area contributed by atoms with Gasteiger partial charge < -0.3 is 10.6 Å². The van der Waals surface area contributed by atoms with E-state index in [2.05, 4.69) is 15.6 Å². The highest BCUT2D eigenvalue weighted by molar-refractivity contribution is 5.93. The van der Waals surface area contributed by atoms with Crippen LogP contribution >= 0.6 is 0 Å². The maximum Gasteiger partial charge on any atom is 0.224 e. The van der Waals surface area contributed by atoms with Gasteiger partial charge in [0.25, 0.3) is 0 Å². The van der Waals surface area contributed by atoms with Crippen LogP contribution < -0.4 is 10.6 Å². The minimum atomic E-state index is 0.0794. The Labute approximate surface area is 118 Å². The number of carbonyl (C=O) groups is 1. The molecule has 2 N–H and O–H groups in total. The molecular formula is C16H19N3O. The van der Waals surface area contributed by atoms with Gasteiger partial charge in [0, 0.05) is 11.8 Å². The Morgan fingerprint density at radius 2 is 2.30 bits per heavy atom. The summed E-state index contributed by atoms with van der Waals surface area (Å²) in [7, 11) is 0. The quantitative estimate of drug-likeness (QED) is 0.900. The summed E-state index contributed by atoms with van der Waals surface area (Å²) >= 11 is 0. The normalized spacial score (nSPS) is 18.9. The molecule has 2 heterocycles. The second-order valence-electron chi connectivity index (χ2n) is 5.38. The maximum absolute atomic E-state index is 12.1. The molecule has 4 nitrogen and oxygen atoms in total. The fourth-order valence-corrected chi connectivity index (χ4v) is 2.71. The first-order valence-corrected chi connectivity index (χ1v) is 7.16. The predicted octanol–water partition coefficient (Wildman–Crippen LogP) is 2.56. The van der Waals surface area contributed by atoms with Crippen LogP contribution in [0.25, 0.3) is 10.9 Å². The Bertz CT molecular complexity index is 605. The topological polar surface area (TPSA) is 54.0 Å². The number of fused-ring (bicyclic) bond motifs is 1. The first-order valence-electron chi connectivity index (χ1n) is 7.16. The van der Waals surface area contributed by atoms with Crippen LogP contribution in [0.4, 0.5) is 5.69 Å². The summed E-state index contributed by atoms with van der Waals surface area (Å²) in [5.41, 5.74) is 1.72. The van der Waals surface area contributed by atoms with Gasteiger partial charge in [0.1, 0.15) is 0 Å². The Morgan fingerprint density at radius 1 is 1.40 bits per heavy atom. The van der Waals surface area contributed by atoms with E-state index in [4.69, 9.17) is 0 Å². The van der Waals surface area contributed by atoms with Crippen molar-refractivity contribution in [1.29, 1.82) is 0 Å². The van der Waals surface area contributed by atoms with Gasteiger partial charge in [-0.15, -0.1) is 0 Å². The molecule has 1 saturated heterocycles. The van der Waals surface area contributed by atoms with E-state index in [1.165, 1.54) is 0 Å². The van der Waals surface area contributed by atoms with Gasteiger partial charge in [-0.1, -0.05) is 18.2 Å². The number of pyridine rings is 1. The smallest absolute Gasteiger partial charge is 0.224 e. The summed E-state index contributed by atoms with van der Waals surface area (Å²) in [6.07, 6.45) is 4.60. The van der Waals surface area contributed by atoms with E-state index in [0.29, 0.717) is 12.3 Å². The van der Waals surface area contributed by atoms with Crippen molar-refractivity contribution in [2.24, 2.45) is 5.92 Å². The fourth-order valence-electron chi connectivity index (χ4n) is 2.71. The molecule has 0 saturated carbocycles. The number of anilines is 1. The van der Waals surface area contributed by atoms with Gasteiger partial charge in [0.15, 0.2) is 0 Å². The molecule has 20 heavy (non-hydrogen) atoms. The van der Waals surface area contributed by atoms with Crippen molar-refractivity contribution < 1.29 is 4.79 Å². The van der Waals surface area contributed by atoms with Crippen molar-refractivity contribution in [1.82, 2.24) is 10.3 Å². The lowest BCUT2D eigenvalue weighted by molar-refractivity contribution is -0.117. The lowest BCUT2D eigenvalue weighted by Crippen LogP contribution is -2.32. The number of carbonyl (C=O) groups excluding carboxylic acids is 1. The number of benzene rings is 1. The molecule has 1 unspecified atom stereocenters. The van der Waals surface area contributed by atoms with Crippen LogP contribution in [0.1, 0.15) is 19.3 Å². The lowest BCUT2D eigenvalue weighted by Gasteiger charge is -2.22. The highest BCUT2D eigenvalue weighted by atomic mass is 16.1. The monoisotopic (exact) mass is 269 g/mol. The number of para-hydroxylation sites is 1. The number of aromatic nitrogens is 1. The molecule has 1 fully saturated rings. The Hall–Kier alpha value is -1.94. The first-order chi connectivity index (χ1) is 9.81. The van der Waals surface area contributed by atoms with Gasteiger partial charge in [-0.05, 0) is 44.0 Å². The van der Waals surface area contributed by atoms with Crippen LogP contribution in [0.5, 0.6) is 0 Å². The molecule has 2 aromatic rings. The number of hydrogen-bond donors (Lipinski definition) is 2. The summed E-state index contributed by atoms with van der Waals surface area (Å²) < 4.78 is 0. The number of rotatable bonds is 3. The third-order valence-corrected chi connectivity index (χ3v) is 3.75. The van der Waals surface area contributed by atoms with E-state index < -0.39 is 0 Å². The molecule has 0 radical (unpaired) electrons. The molecule has 1 amide bonds. The van der Waals surface area contributed by atoms with Gasteiger partial charge in [-0.2, -0.15) is 0 Å². The zero-order chi connectivity index (χ0) is 13.8. The molecule has 1 atom stereocenters. The Balaban J connectivity index is 1.64. The van der Waals surface area contributed by atoms with Crippen molar-refractivity contribution in [3.8, 4) is 0 Å². The van der Waals surface area contributed by atoms with E-state index in [1.807, 2.05) is 30.3 Å². The SMILES string of the molecule is O=C(CC1CCCNC1)Nc1cnc2ccccc2c1. The average Bonchev–Trinajstić information content (AvgIpc) is 2.48. The van der Waals surface area contributed by atoms with E-state index in [9.17, 15) is 4.79 Å². The highest BCUT2D eigenvalue weighted by Crippen LogP contribution is 2.18. The summed E-state index contributed by atoms with van der Waals surface area (Å²) in [6.45, 7) is 2.02. The highest BCUT2D eigenvalue weighted by Gasteiger charge is 2.16. The zero-order valence-electron chi connectivity index (χ0n) is 11.4. The van der Waals surface area contributed by atoms with Crippen LogP contribution in [0, 0.1) is 5.92 Å². The molecule has 1 aliphatic rings. The van der Waals surface area contributed by atoms with Gasteiger partial charge in [0.05, 0.1) is 17.4 Å². The van der Waals surface area contributed by atoms with E-state index in [0.717, 1.165) is 42.5 Å². The third kappa shape index (κ3) is 3.14. The molecule has 1 aliphatic heterocycles. The maximum atomic E-state index is 12.1. The minimum Gasteiger partial charge on any atom is -0.325 e. The average molecular weight is 269 g/mol. The number of hydrogen-bond acceptors (Lipinski definition) is 3. The van der Waals surface area contributed by atoms with Crippen LogP contribution in [0.3, 0.4) is 0 Å². The molecule has 1 aromatic heterocycles. The molecule has 4 heteroatoms. The molecule has 1 aromatic carbocycles. The Kier molecular flexibility index (Phi) is 3.92. The molecule has 3 rings (SSSR count). The number of amides is 1. The van der Waals surface area contributed by atoms with Crippen molar-refractivity contribution in [2.45, 2.75) is 19.3 Å². The molecule has 0 spiro atoms. The summed E-state index contributed by atoms with van der Waals surface area (Å²) in [6, 6.07) is 9.88. The predicted molar refractivity (Wildman–Crippen MR) is 80.6 cm³/mol. The van der Waals surface area contributed by atoms with Crippen molar-refractivity contribution in [2.75, 3.05) is 18.4 Å². The number of nitrogens with zero attached hydrogens (tertiary/aromatic N) is 1. The van der Waals surface area contributed by atoms with Crippen LogP contribution in [0.15, 0.2) is 36.5 Å². The molecule has 0 aliphatic carbocycles. The summed E-state index contributed by atoms with van der Waals surface area (Å²) in [5.74, 6) is 0.535. The van der Waals surface area contributed by atoms with Gasteiger partial charge in [-0.25, -0.2) is 0 Å².